The number of hydrogen-bond donors (Lipinski definition) is 0. The molecule has 2 atom stereocenters. The second-order valence-corrected chi connectivity index (χ2v) is 4.84. The van der Waals surface area contributed by atoms with E-state index in [0.717, 1.165) is 23.7 Å². The van der Waals surface area contributed by atoms with Crippen molar-refractivity contribution in [2.24, 2.45) is 11.8 Å². The fraction of sp³-hybridized carbons (Fsp3) is 0.800. The van der Waals surface area contributed by atoms with Gasteiger partial charge in [-0.2, -0.15) is 0 Å². The van der Waals surface area contributed by atoms with E-state index in [1.807, 2.05) is 6.08 Å². The van der Waals surface area contributed by atoms with Gasteiger partial charge in [-0.25, -0.2) is 0 Å². The van der Waals surface area contributed by atoms with Crippen LogP contribution in [0.5, 0.6) is 0 Å². The Hall–Kier alpha value is 0.470. The minimum atomic E-state index is 0.812. The Bertz CT molecular complexity index is 172. The quantitative estimate of drug-likeness (QED) is 0.710. The minimum absolute atomic E-state index is 0.812. The molecule has 3 heteroatoms. The van der Waals surface area contributed by atoms with Crippen LogP contribution in [0, 0.1) is 11.8 Å². The monoisotopic (exact) mass is 265 g/mol. The van der Waals surface area contributed by atoms with Crippen molar-refractivity contribution in [3.8, 4) is 0 Å². The predicted octanol–water partition coefficient (Wildman–Crippen LogP) is 3.09. The van der Waals surface area contributed by atoms with Crippen molar-refractivity contribution in [3.63, 3.8) is 0 Å². The molecule has 1 aliphatic heterocycles. The summed E-state index contributed by atoms with van der Waals surface area (Å²) in [6, 6.07) is 0. The second kappa shape index (κ2) is 6.05. The van der Waals surface area contributed by atoms with E-state index in [1.165, 1.54) is 19.5 Å². The smallest absolute Gasteiger partial charge is 0.0175 e. The van der Waals surface area contributed by atoms with Crippen LogP contribution in [-0.2, 0) is 0 Å². The van der Waals surface area contributed by atoms with Gasteiger partial charge < -0.3 is 0 Å². The molecular formula is C10H17BrClN. The molecule has 76 valence electrons. The lowest BCUT2D eigenvalue weighted by molar-refractivity contribution is 0.158. The van der Waals surface area contributed by atoms with Crippen LogP contribution >= 0.6 is 27.5 Å². The highest BCUT2D eigenvalue weighted by Crippen LogP contribution is 2.22. The summed E-state index contributed by atoms with van der Waals surface area (Å²) in [5.41, 5.74) is 1.61. The zero-order chi connectivity index (χ0) is 9.68. The molecule has 0 aliphatic carbocycles. The summed E-state index contributed by atoms with van der Waals surface area (Å²) < 4.78 is 0. The summed E-state index contributed by atoms with van der Waals surface area (Å²) in [6.07, 6.45) is 3.37. The highest BCUT2D eigenvalue weighted by molar-refractivity contribution is 9.09. The van der Waals surface area contributed by atoms with Crippen LogP contribution in [0.1, 0.15) is 13.3 Å². The zero-order valence-electron chi connectivity index (χ0n) is 8.05. The van der Waals surface area contributed by atoms with Gasteiger partial charge in [0, 0.05) is 30.5 Å². The molecule has 0 aromatic rings. The number of alkyl halides is 1. The van der Waals surface area contributed by atoms with E-state index in [9.17, 15) is 0 Å². The molecule has 0 aromatic carbocycles. The van der Waals surface area contributed by atoms with Crippen LogP contribution in [0.4, 0.5) is 0 Å². The number of rotatable bonds is 3. The van der Waals surface area contributed by atoms with E-state index in [0.29, 0.717) is 0 Å². The normalized spacial score (nSPS) is 31.3. The van der Waals surface area contributed by atoms with E-state index in [1.54, 1.807) is 5.54 Å². The Morgan fingerprint density at radius 1 is 1.54 bits per heavy atom. The second-order valence-electron chi connectivity index (χ2n) is 3.94. The van der Waals surface area contributed by atoms with Gasteiger partial charge in [0.2, 0.25) is 0 Å². The lowest BCUT2D eigenvalue weighted by Gasteiger charge is -2.35. The molecule has 1 rings (SSSR count). The van der Waals surface area contributed by atoms with Crippen LogP contribution in [0.15, 0.2) is 11.6 Å². The molecule has 1 aliphatic rings. The number of hydrogen-bond acceptors (Lipinski definition) is 1. The van der Waals surface area contributed by atoms with Gasteiger partial charge in [0.05, 0.1) is 0 Å². The lowest BCUT2D eigenvalue weighted by atomic mass is 9.92. The Morgan fingerprint density at radius 3 is 2.92 bits per heavy atom. The average Bonchev–Trinajstić information content (AvgIpc) is 2.14. The molecule has 1 fully saturated rings. The van der Waals surface area contributed by atoms with Crippen molar-refractivity contribution in [1.29, 1.82) is 0 Å². The van der Waals surface area contributed by atoms with Crippen molar-refractivity contribution in [2.45, 2.75) is 13.3 Å². The summed E-state index contributed by atoms with van der Waals surface area (Å²) in [6.45, 7) is 5.74. The van der Waals surface area contributed by atoms with E-state index in [2.05, 4.69) is 27.8 Å². The van der Waals surface area contributed by atoms with E-state index >= 15 is 0 Å². The molecule has 1 heterocycles. The molecule has 0 saturated carbocycles. The minimum Gasteiger partial charge on any atom is -0.299 e. The van der Waals surface area contributed by atoms with Gasteiger partial charge in [-0.3, -0.25) is 4.90 Å². The first-order valence-electron chi connectivity index (χ1n) is 4.79. The molecule has 0 radical (unpaired) electrons. The molecule has 0 bridgehead atoms. The van der Waals surface area contributed by atoms with Gasteiger partial charge in [-0.15, -0.1) is 0 Å². The number of nitrogens with zero attached hydrogens (tertiary/aromatic N) is 1. The van der Waals surface area contributed by atoms with Crippen molar-refractivity contribution in [1.82, 2.24) is 4.90 Å². The van der Waals surface area contributed by atoms with Gasteiger partial charge >= 0.3 is 0 Å². The van der Waals surface area contributed by atoms with E-state index < -0.39 is 0 Å². The fourth-order valence-corrected chi connectivity index (χ4v) is 2.60. The Labute approximate surface area is 94.3 Å². The number of piperidine rings is 1. The summed E-state index contributed by atoms with van der Waals surface area (Å²) in [4.78, 5) is 2.47. The van der Waals surface area contributed by atoms with Crippen molar-refractivity contribution >= 4 is 27.5 Å². The van der Waals surface area contributed by atoms with Crippen LogP contribution in [0.2, 0.25) is 0 Å². The summed E-state index contributed by atoms with van der Waals surface area (Å²) in [7, 11) is 0. The van der Waals surface area contributed by atoms with Crippen LogP contribution < -0.4 is 0 Å². The SMILES string of the molecule is CC1CC(CBr)CN(C/C=C/Cl)C1. The number of likely N-dealkylation sites (tertiary alicyclic amines) is 1. The maximum Gasteiger partial charge on any atom is 0.0175 e. The van der Waals surface area contributed by atoms with Crippen LogP contribution in [0.3, 0.4) is 0 Å². The zero-order valence-corrected chi connectivity index (χ0v) is 10.4. The van der Waals surface area contributed by atoms with Gasteiger partial charge in [0.25, 0.3) is 0 Å². The van der Waals surface area contributed by atoms with Crippen LogP contribution in [0.25, 0.3) is 0 Å². The third-order valence-corrected chi connectivity index (χ3v) is 3.59. The molecule has 1 saturated heterocycles. The Morgan fingerprint density at radius 2 is 2.31 bits per heavy atom. The average molecular weight is 267 g/mol. The predicted molar refractivity (Wildman–Crippen MR) is 62.5 cm³/mol. The molecule has 13 heavy (non-hydrogen) atoms. The maximum atomic E-state index is 5.51. The highest BCUT2D eigenvalue weighted by Gasteiger charge is 2.22. The van der Waals surface area contributed by atoms with Gasteiger partial charge in [0.1, 0.15) is 0 Å². The first-order chi connectivity index (χ1) is 6.26. The van der Waals surface area contributed by atoms with Gasteiger partial charge in [0.15, 0.2) is 0 Å². The number of halogens is 2. The summed E-state index contributed by atoms with van der Waals surface area (Å²) in [5, 5.41) is 1.12. The topological polar surface area (TPSA) is 3.24 Å². The first-order valence-corrected chi connectivity index (χ1v) is 6.35. The molecule has 0 N–H and O–H groups in total. The van der Waals surface area contributed by atoms with Gasteiger partial charge in [-0.05, 0) is 18.3 Å². The third kappa shape index (κ3) is 4.01. The molecule has 2 unspecified atom stereocenters. The van der Waals surface area contributed by atoms with Crippen LogP contribution in [-0.4, -0.2) is 29.9 Å². The lowest BCUT2D eigenvalue weighted by Crippen LogP contribution is -2.40. The molecule has 0 amide bonds. The molecular weight excluding hydrogens is 249 g/mol. The van der Waals surface area contributed by atoms with E-state index in [4.69, 9.17) is 11.6 Å². The first kappa shape index (κ1) is 11.5. The summed E-state index contributed by atoms with van der Waals surface area (Å²) in [5.74, 6) is 1.63. The van der Waals surface area contributed by atoms with Gasteiger partial charge in [-0.1, -0.05) is 40.5 Å². The molecule has 1 nitrogen and oxygen atoms in total. The Kier molecular flexibility index (Phi) is 5.37. The standard InChI is InChI=1S/C10H17BrClN/c1-9-5-10(6-11)8-13(7-9)4-2-3-12/h2-3,9-10H,4-8H2,1H3/b3-2+. The van der Waals surface area contributed by atoms with Crippen molar-refractivity contribution < 1.29 is 0 Å². The highest BCUT2D eigenvalue weighted by atomic mass is 79.9. The molecule has 0 spiro atoms. The van der Waals surface area contributed by atoms with Crippen molar-refractivity contribution in [2.75, 3.05) is 25.0 Å². The maximum absolute atomic E-state index is 5.51. The Balaban J connectivity index is 2.37. The largest absolute Gasteiger partial charge is 0.299 e. The fourth-order valence-electron chi connectivity index (χ4n) is 2.05. The van der Waals surface area contributed by atoms with Crippen molar-refractivity contribution in [3.05, 3.63) is 11.6 Å². The third-order valence-electron chi connectivity index (χ3n) is 2.49. The summed E-state index contributed by atoms with van der Waals surface area (Å²) >= 11 is 9.07. The molecule has 0 aromatic heterocycles. The van der Waals surface area contributed by atoms with E-state index in [-0.39, 0.29) is 0 Å².